The number of nitrogen functional groups attached to an aromatic ring is 1. The molecule has 2 N–H and O–H groups in total. The Bertz CT molecular complexity index is 518. The quantitative estimate of drug-likeness (QED) is 0.732. The summed E-state index contributed by atoms with van der Waals surface area (Å²) in [6, 6.07) is 2.25. The molecule has 0 amide bonds. The second-order valence-corrected chi connectivity index (χ2v) is 3.30. The van der Waals surface area contributed by atoms with Crippen LogP contribution in [-0.2, 0) is 13.2 Å². The molecule has 0 atom stereocenters. The first-order valence-electron chi connectivity index (χ1n) is 4.18. The molecule has 1 heterocycles. The number of nitrogens with zero attached hydrogens (tertiary/aromatic N) is 2. The molecule has 0 aliphatic heterocycles. The maximum Gasteiger partial charge on any atom is 0.418 e. The largest absolute Gasteiger partial charge is 0.418 e. The molecule has 1 aromatic carbocycles. The van der Waals surface area contributed by atoms with Gasteiger partial charge in [-0.05, 0) is 12.1 Å². The molecular formula is C9H9ClF3N3. The SMILES string of the molecule is Cl.Cn1cc2cc(N)c(C(F)(F)F)cc2n1. The summed E-state index contributed by atoms with van der Waals surface area (Å²) in [5.41, 5.74) is 4.50. The Kier molecular flexibility index (Phi) is 3.05. The van der Waals surface area contributed by atoms with Crippen molar-refractivity contribution in [2.24, 2.45) is 7.05 Å². The Labute approximate surface area is 95.4 Å². The minimum Gasteiger partial charge on any atom is -0.398 e. The zero-order valence-corrected chi connectivity index (χ0v) is 9.06. The number of fused-ring (bicyclic) bond motifs is 1. The summed E-state index contributed by atoms with van der Waals surface area (Å²) < 4.78 is 38.9. The fraction of sp³-hybridized carbons (Fsp3) is 0.222. The first kappa shape index (κ1) is 12.6. The van der Waals surface area contributed by atoms with Gasteiger partial charge in [-0.1, -0.05) is 0 Å². The predicted octanol–water partition coefficient (Wildman–Crippen LogP) is 2.60. The van der Waals surface area contributed by atoms with Crippen LogP contribution < -0.4 is 5.73 Å². The van der Waals surface area contributed by atoms with Gasteiger partial charge >= 0.3 is 6.18 Å². The minimum absolute atomic E-state index is 0. The van der Waals surface area contributed by atoms with E-state index in [9.17, 15) is 13.2 Å². The number of aromatic nitrogens is 2. The van der Waals surface area contributed by atoms with Gasteiger partial charge in [0.25, 0.3) is 0 Å². The smallest absolute Gasteiger partial charge is 0.398 e. The van der Waals surface area contributed by atoms with Crippen molar-refractivity contribution in [2.45, 2.75) is 6.18 Å². The highest BCUT2D eigenvalue weighted by Gasteiger charge is 2.33. The van der Waals surface area contributed by atoms with Crippen LogP contribution >= 0.6 is 12.4 Å². The van der Waals surface area contributed by atoms with Crippen molar-refractivity contribution in [3.8, 4) is 0 Å². The van der Waals surface area contributed by atoms with E-state index < -0.39 is 11.7 Å². The van der Waals surface area contributed by atoms with E-state index in [-0.39, 0.29) is 18.1 Å². The predicted molar refractivity (Wildman–Crippen MR) is 57.4 cm³/mol. The number of benzene rings is 1. The number of rotatable bonds is 0. The van der Waals surface area contributed by atoms with Gasteiger partial charge in [0.1, 0.15) is 0 Å². The highest BCUT2D eigenvalue weighted by Crippen LogP contribution is 2.35. The Morgan fingerprint density at radius 1 is 1.31 bits per heavy atom. The molecule has 0 aliphatic carbocycles. The molecule has 7 heteroatoms. The lowest BCUT2D eigenvalue weighted by Gasteiger charge is -2.08. The summed E-state index contributed by atoms with van der Waals surface area (Å²) in [5, 5.41) is 4.49. The van der Waals surface area contributed by atoms with Gasteiger partial charge in [0.2, 0.25) is 0 Å². The van der Waals surface area contributed by atoms with Gasteiger partial charge in [-0.15, -0.1) is 12.4 Å². The minimum atomic E-state index is -4.43. The van der Waals surface area contributed by atoms with E-state index in [0.717, 1.165) is 6.07 Å². The fourth-order valence-electron chi connectivity index (χ4n) is 1.46. The van der Waals surface area contributed by atoms with Gasteiger partial charge in [-0.3, -0.25) is 4.68 Å². The number of anilines is 1. The first-order valence-corrected chi connectivity index (χ1v) is 4.18. The standard InChI is InChI=1S/C9H8F3N3.ClH/c1-15-4-5-2-7(13)6(9(10,11)12)3-8(5)14-15;/h2-4H,13H2,1H3;1H. The zero-order chi connectivity index (χ0) is 11.2. The van der Waals surface area contributed by atoms with Gasteiger partial charge < -0.3 is 5.73 Å². The van der Waals surface area contributed by atoms with E-state index in [1.807, 2.05) is 0 Å². The lowest BCUT2D eigenvalue weighted by atomic mass is 10.1. The number of halogens is 4. The molecule has 0 spiro atoms. The third kappa shape index (κ3) is 2.06. The molecule has 0 fully saturated rings. The second-order valence-electron chi connectivity index (χ2n) is 3.30. The zero-order valence-electron chi connectivity index (χ0n) is 8.25. The van der Waals surface area contributed by atoms with Crippen molar-refractivity contribution in [2.75, 3.05) is 5.73 Å². The van der Waals surface area contributed by atoms with Gasteiger partial charge in [0.15, 0.2) is 0 Å². The monoisotopic (exact) mass is 251 g/mol. The van der Waals surface area contributed by atoms with E-state index in [2.05, 4.69) is 5.10 Å². The molecule has 16 heavy (non-hydrogen) atoms. The van der Waals surface area contributed by atoms with Crippen LogP contribution in [-0.4, -0.2) is 9.78 Å². The van der Waals surface area contributed by atoms with E-state index in [1.54, 1.807) is 13.2 Å². The molecule has 0 saturated carbocycles. The van der Waals surface area contributed by atoms with Crippen molar-refractivity contribution in [1.82, 2.24) is 9.78 Å². The molecule has 88 valence electrons. The number of alkyl halides is 3. The third-order valence-corrected chi connectivity index (χ3v) is 2.10. The lowest BCUT2D eigenvalue weighted by molar-refractivity contribution is -0.136. The van der Waals surface area contributed by atoms with Crippen LogP contribution in [0.5, 0.6) is 0 Å². The lowest BCUT2D eigenvalue weighted by Crippen LogP contribution is -2.08. The summed E-state index contributed by atoms with van der Waals surface area (Å²) in [6.45, 7) is 0. The Balaban J connectivity index is 0.00000128. The summed E-state index contributed by atoms with van der Waals surface area (Å²) >= 11 is 0. The van der Waals surface area contributed by atoms with Gasteiger partial charge in [-0.2, -0.15) is 18.3 Å². The van der Waals surface area contributed by atoms with Crippen LogP contribution in [0, 0.1) is 0 Å². The molecule has 2 aromatic rings. The van der Waals surface area contributed by atoms with Crippen molar-refractivity contribution in [3.05, 3.63) is 23.9 Å². The summed E-state index contributed by atoms with van der Waals surface area (Å²) in [7, 11) is 1.64. The topological polar surface area (TPSA) is 43.8 Å². The van der Waals surface area contributed by atoms with Crippen LogP contribution in [0.3, 0.4) is 0 Å². The maximum absolute atomic E-state index is 12.5. The fourth-order valence-corrected chi connectivity index (χ4v) is 1.46. The maximum atomic E-state index is 12.5. The second kappa shape index (κ2) is 3.86. The van der Waals surface area contributed by atoms with Crippen LogP contribution in [0.2, 0.25) is 0 Å². The third-order valence-electron chi connectivity index (χ3n) is 2.10. The number of nitrogens with two attached hydrogens (primary N) is 1. The van der Waals surface area contributed by atoms with E-state index in [0.29, 0.717) is 10.9 Å². The van der Waals surface area contributed by atoms with E-state index in [4.69, 9.17) is 5.73 Å². The molecule has 0 radical (unpaired) electrons. The highest BCUT2D eigenvalue weighted by atomic mass is 35.5. The van der Waals surface area contributed by atoms with Gasteiger partial charge in [0, 0.05) is 24.3 Å². The van der Waals surface area contributed by atoms with Crippen LogP contribution in [0.15, 0.2) is 18.3 Å². The molecule has 0 aliphatic rings. The van der Waals surface area contributed by atoms with E-state index >= 15 is 0 Å². The number of aryl methyl sites for hydroxylation is 1. The summed E-state index contributed by atoms with van der Waals surface area (Å²) in [6.07, 6.45) is -2.82. The average molecular weight is 252 g/mol. The number of hydrogen-bond donors (Lipinski definition) is 1. The van der Waals surface area contributed by atoms with Crippen LogP contribution in [0.25, 0.3) is 10.9 Å². The van der Waals surface area contributed by atoms with Gasteiger partial charge in [0.05, 0.1) is 11.1 Å². The van der Waals surface area contributed by atoms with Gasteiger partial charge in [-0.25, -0.2) is 0 Å². The Morgan fingerprint density at radius 2 is 1.94 bits per heavy atom. The van der Waals surface area contributed by atoms with Crippen LogP contribution in [0.1, 0.15) is 5.56 Å². The normalized spacial score (nSPS) is 11.5. The van der Waals surface area contributed by atoms with Crippen LogP contribution in [0.4, 0.5) is 18.9 Å². The van der Waals surface area contributed by atoms with Crippen molar-refractivity contribution in [3.63, 3.8) is 0 Å². The first-order chi connectivity index (χ1) is 6.88. The molecular weight excluding hydrogens is 243 g/mol. The molecule has 3 nitrogen and oxygen atoms in total. The molecule has 1 aromatic heterocycles. The highest BCUT2D eigenvalue weighted by molar-refractivity contribution is 5.85. The molecule has 0 unspecified atom stereocenters. The van der Waals surface area contributed by atoms with Crippen molar-refractivity contribution in [1.29, 1.82) is 0 Å². The molecule has 2 rings (SSSR count). The number of hydrogen-bond acceptors (Lipinski definition) is 2. The Hall–Kier alpha value is -1.43. The average Bonchev–Trinajstić information content (AvgIpc) is 2.40. The molecule has 0 bridgehead atoms. The van der Waals surface area contributed by atoms with Crippen molar-refractivity contribution >= 4 is 29.0 Å². The van der Waals surface area contributed by atoms with Crippen molar-refractivity contribution < 1.29 is 13.2 Å². The van der Waals surface area contributed by atoms with E-state index in [1.165, 1.54) is 10.7 Å². The summed E-state index contributed by atoms with van der Waals surface area (Å²) in [5.74, 6) is 0. The Morgan fingerprint density at radius 3 is 2.50 bits per heavy atom. The molecule has 0 saturated heterocycles. The summed E-state index contributed by atoms with van der Waals surface area (Å²) in [4.78, 5) is 0.